The molecule has 0 spiro atoms. The Bertz CT molecular complexity index is 2180. The second kappa shape index (κ2) is 24.8. The molecule has 6 nitrogen and oxygen atoms in total. The summed E-state index contributed by atoms with van der Waals surface area (Å²) in [5.74, 6) is 1.92. The van der Waals surface area contributed by atoms with Gasteiger partial charge in [-0.1, -0.05) is 149 Å². The van der Waals surface area contributed by atoms with E-state index in [2.05, 4.69) is 75.1 Å². The van der Waals surface area contributed by atoms with Crippen molar-refractivity contribution in [3.05, 3.63) is 204 Å². The Hall–Kier alpha value is -5.37. The Balaban J connectivity index is 0.000000252. The van der Waals surface area contributed by atoms with E-state index >= 15 is 0 Å². The van der Waals surface area contributed by atoms with Crippen LogP contribution in [0.25, 0.3) is 0 Å². The Kier molecular flexibility index (Phi) is 19.6. The first-order valence-electron chi connectivity index (χ1n) is 19.9. The number of ether oxygens (including phenoxy) is 2. The topological polar surface area (TPSA) is 83.6 Å². The molecule has 6 rings (SSSR count). The zero-order chi connectivity index (χ0) is 44.1. The number of benzene rings is 6. The van der Waals surface area contributed by atoms with E-state index in [1.165, 1.54) is 0 Å². The van der Waals surface area contributed by atoms with Crippen molar-refractivity contribution in [3.63, 3.8) is 0 Å². The molecule has 9 heteroatoms. The Morgan fingerprint density at radius 1 is 0.525 bits per heavy atom. The van der Waals surface area contributed by atoms with Crippen molar-refractivity contribution in [2.75, 3.05) is 13.2 Å². The van der Waals surface area contributed by atoms with Crippen LogP contribution in [-0.2, 0) is 27.9 Å². The predicted octanol–water partition coefficient (Wildman–Crippen LogP) is 14.2. The van der Waals surface area contributed by atoms with E-state index in [-0.39, 0.29) is 22.3 Å². The summed E-state index contributed by atoms with van der Waals surface area (Å²) >= 11 is -0.556. The number of hydrogen-bond donors (Lipinski definition) is 2. The van der Waals surface area contributed by atoms with Crippen molar-refractivity contribution in [3.8, 4) is 23.0 Å². The summed E-state index contributed by atoms with van der Waals surface area (Å²) in [6, 6.07) is 47.2. The van der Waals surface area contributed by atoms with Crippen LogP contribution < -0.4 is 9.47 Å². The van der Waals surface area contributed by atoms with Gasteiger partial charge in [-0.3, -0.25) is 9.98 Å². The molecule has 0 fully saturated rings. The molecular formula is C52H54Cl2N2O4Ti. The first-order valence-corrected chi connectivity index (χ1v) is 24.2. The number of phenols is 2. The number of aliphatic imine (C=N–C) groups is 2. The fourth-order valence-electron chi connectivity index (χ4n) is 6.51. The SMILES string of the molecule is C=CCCOc1ccccc1N=Cc1cccc(C(C)(C)c2ccccc2)c1O.C=CCCOc1ccccc1N=Cc1cccc(C(C)(C)c2ccccc2)c1O.[Cl][Ti][Cl]. The van der Waals surface area contributed by atoms with Crippen LogP contribution in [0.3, 0.4) is 0 Å². The fraction of sp³-hybridized carbons (Fsp3) is 0.192. The maximum atomic E-state index is 11.0. The standard InChI is InChI=1S/2C26H27NO2.2ClH.Ti/c2*1-4-5-18-29-24-17-10-9-16-23(24)27-19-20-12-11-15-22(25(20)28)26(2,3)21-13-7-6-8-14-21;;;/h2*4,6-17,19,28H,1,5,18H2,2-3H3;2*1H;/q;;;;+2/p-2. The summed E-state index contributed by atoms with van der Waals surface area (Å²) in [6.07, 6.45) is 8.57. The third-order valence-electron chi connectivity index (χ3n) is 10.0. The molecule has 0 unspecified atom stereocenters. The van der Waals surface area contributed by atoms with Gasteiger partial charge in [-0.15, -0.1) is 13.2 Å². The molecule has 0 atom stereocenters. The summed E-state index contributed by atoms with van der Waals surface area (Å²) < 4.78 is 11.6. The number of hydrogen-bond acceptors (Lipinski definition) is 6. The number of nitrogens with zero attached hydrogens (tertiary/aromatic N) is 2. The van der Waals surface area contributed by atoms with Crippen LogP contribution in [-0.4, -0.2) is 35.9 Å². The van der Waals surface area contributed by atoms with Crippen LogP contribution in [0.2, 0.25) is 0 Å². The molecule has 0 bridgehead atoms. The molecule has 0 aliphatic rings. The zero-order valence-electron chi connectivity index (χ0n) is 35.3. The number of aromatic hydroxyl groups is 2. The molecule has 0 aliphatic heterocycles. The van der Waals surface area contributed by atoms with E-state index in [4.69, 9.17) is 28.1 Å². The second-order valence-electron chi connectivity index (χ2n) is 14.8. The summed E-state index contributed by atoms with van der Waals surface area (Å²) in [4.78, 5) is 9.15. The second-order valence-corrected chi connectivity index (χ2v) is 17.4. The van der Waals surface area contributed by atoms with E-state index in [9.17, 15) is 10.2 Å². The molecule has 0 saturated heterocycles. The molecule has 6 aromatic carbocycles. The molecule has 0 aromatic heterocycles. The summed E-state index contributed by atoms with van der Waals surface area (Å²) in [6.45, 7) is 17.0. The van der Waals surface area contributed by atoms with Gasteiger partial charge in [0.15, 0.2) is 0 Å². The van der Waals surface area contributed by atoms with Gasteiger partial charge >= 0.3 is 35.6 Å². The average molecular weight is 890 g/mol. The number of para-hydroxylation sites is 6. The third-order valence-corrected chi connectivity index (χ3v) is 10.0. The molecule has 0 saturated carbocycles. The van der Waals surface area contributed by atoms with E-state index in [1.807, 2.05) is 133 Å². The molecule has 0 heterocycles. The van der Waals surface area contributed by atoms with Gasteiger partial charge in [-0.25, -0.2) is 0 Å². The van der Waals surface area contributed by atoms with Crippen LogP contribution >= 0.6 is 18.6 Å². The van der Waals surface area contributed by atoms with Gasteiger partial charge < -0.3 is 19.7 Å². The van der Waals surface area contributed by atoms with Crippen LogP contribution in [0.5, 0.6) is 23.0 Å². The van der Waals surface area contributed by atoms with Crippen molar-refractivity contribution < 1.29 is 36.7 Å². The van der Waals surface area contributed by atoms with Crippen LogP contribution in [0.1, 0.15) is 73.9 Å². The van der Waals surface area contributed by atoms with Gasteiger partial charge in [-0.05, 0) is 60.4 Å². The number of halogens is 2. The molecule has 0 aliphatic carbocycles. The van der Waals surface area contributed by atoms with Crippen molar-refractivity contribution >= 4 is 42.4 Å². The predicted molar refractivity (Wildman–Crippen MR) is 253 cm³/mol. The first kappa shape index (κ1) is 48.3. The quantitative estimate of drug-likeness (QED) is 0.0439. The summed E-state index contributed by atoms with van der Waals surface area (Å²) in [5.41, 5.74) is 6.15. The molecule has 0 radical (unpaired) electrons. The molecule has 0 amide bonds. The first-order chi connectivity index (χ1) is 29.5. The fourth-order valence-corrected chi connectivity index (χ4v) is 6.51. The summed E-state index contributed by atoms with van der Waals surface area (Å²) in [5, 5.41) is 21.9. The number of rotatable bonds is 16. The minimum absolute atomic E-state index is 0.246. The van der Waals surface area contributed by atoms with Crippen molar-refractivity contribution in [1.29, 1.82) is 0 Å². The van der Waals surface area contributed by atoms with E-state index in [0.29, 0.717) is 35.8 Å². The van der Waals surface area contributed by atoms with Gasteiger partial charge in [0.2, 0.25) is 0 Å². The van der Waals surface area contributed by atoms with Gasteiger partial charge in [0, 0.05) is 45.5 Å². The van der Waals surface area contributed by atoms with Crippen LogP contribution in [0.4, 0.5) is 11.4 Å². The monoisotopic (exact) mass is 888 g/mol. The minimum atomic E-state index is -0.556. The van der Waals surface area contributed by atoms with Gasteiger partial charge in [0.05, 0.1) is 13.2 Å². The Morgan fingerprint density at radius 3 is 1.23 bits per heavy atom. The zero-order valence-corrected chi connectivity index (χ0v) is 38.3. The number of phenolic OH excluding ortho intramolecular Hbond substituents is 2. The molecule has 61 heavy (non-hydrogen) atoms. The summed E-state index contributed by atoms with van der Waals surface area (Å²) in [7, 11) is 9.78. The van der Waals surface area contributed by atoms with Gasteiger partial charge in [-0.2, -0.15) is 0 Å². The normalized spacial score (nSPS) is 11.2. The van der Waals surface area contributed by atoms with Crippen molar-refractivity contribution in [2.24, 2.45) is 9.98 Å². The van der Waals surface area contributed by atoms with Crippen molar-refractivity contribution in [1.82, 2.24) is 0 Å². The molecular weight excluding hydrogens is 835 g/mol. The third kappa shape index (κ3) is 13.8. The Morgan fingerprint density at radius 2 is 0.869 bits per heavy atom. The van der Waals surface area contributed by atoms with E-state index in [0.717, 1.165) is 46.5 Å². The average Bonchev–Trinajstić information content (AvgIpc) is 3.27. The van der Waals surface area contributed by atoms with Crippen LogP contribution in [0, 0.1) is 0 Å². The molecule has 2 N–H and O–H groups in total. The van der Waals surface area contributed by atoms with Crippen molar-refractivity contribution in [2.45, 2.75) is 51.4 Å². The van der Waals surface area contributed by atoms with E-state index in [1.54, 1.807) is 12.4 Å². The van der Waals surface area contributed by atoms with Crippen LogP contribution in [0.15, 0.2) is 181 Å². The van der Waals surface area contributed by atoms with E-state index < -0.39 is 17.0 Å². The Labute approximate surface area is 378 Å². The van der Waals surface area contributed by atoms with Gasteiger partial charge in [0.1, 0.15) is 34.4 Å². The maximum absolute atomic E-state index is 11.0. The van der Waals surface area contributed by atoms with Gasteiger partial charge in [0.25, 0.3) is 0 Å². The molecule has 314 valence electrons. The molecule has 6 aromatic rings.